The molecule has 1 saturated carbocycles. The summed E-state index contributed by atoms with van der Waals surface area (Å²) in [6.07, 6.45) is 7.33. The fourth-order valence-electron chi connectivity index (χ4n) is 3.10. The summed E-state index contributed by atoms with van der Waals surface area (Å²) in [7, 11) is 0. The molecule has 1 aromatic heterocycles. The lowest BCUT2D eigenvalue weighted by Crippen LogP contribution is -2.38. The second kappa shape index (κ2) is 9.09. The SMILES string of the molecule is O=C(CNC1CCCCC1)N/N=C\c1ccc(-c2cccc([N+](=O)[O-])c2)o1. The molecule has 0 unspecified atom stereocenters. The molecule has 0 radical (unpaired) electrons. The van der Waals surface area contributed by atoms with Crippen molar-refractivity contribution in [1.82, 2.24) is 10.7 Å². The summed E-state index contributed by atoms with van der Waals surface area (Å²) < 4.78 is 5.60. The third kappa shape index (κ3) is 5.49. The van der Waals surface area contributed by atoms with E-state index in [1.807, 2.05) is 0 Å². The zero-order chi connectivity index (χ0) is 19.1. The maximum Gasteiger partial charge on any atom is 0.270 e. The molecule has 0 saturated heterocycles. The maximum atomic E-state index is 11.8. The first-order valence-corrected chi connectivity index (χ1v) is 9.02. The molecule has 0 spiro atoms. The summed E-state index contributed by atoms with van der Waals surface area (Å²) in [6, 6.07) is 9.99. The molecule has 1 fully saturated rings. The number of nitrogens with zero attached hydrogens (tertiary/aromatic N) is 2. The third-order valence-electron chi connectivity index (χ3n) is 4.51. The highest BCUT2D eigenvalue weighted by atomic mass is 16.6. The Morgan fingerprint density at radius 2 is 2.07 bits per heavy atom. The van der Waals surface area contributed by atoms with Crippen molar-refractivity contribution in [3.63, 3.8) is 0 Å². The zero-order valence-electron chi connectivity index (χ0n) is 14.9. The van der Waals surface area contributed by atoms with Crippen LogP contribution < -0.4 is 10.7 Å². The Hall–Kier alpha value is -3.00. The van der Waals surface area contributed by atoms with Gasteiger partial charge in [-0.05, 0) is 25.0 Å². The van der Waals surface area contributed by atoms with Gasteiger partial charge < -0.3 is 9.73 Å². The van der Waals surface area contributed by atoms with Gasteiger partial charge in [-0.1, -0.05) is 31.4 Å². The van der Waals surface area contributed by atoms with Crippen LogP contribution in [0.1, 0.15) is 37.9 Å². The molecule has 1 aliphatic carbocycles. The second-order valence-electron chi connectivity index (χ2n) is 6.52. The van der Waals surface area contributed by atoms with Crippen LogP contribution in [-0.4, -0.2) is 29.6 Å². The number of rotatable bonds is 7. The lowest BCUT2D eigenvalue weighted by Gasteiger charge is -2.22. The van der Waals surface area contributed by atoms with Gasteiger partial charge in [-0.15, -0.1) is 0 Å². The van der Waals surface area contributed by atoms with E-state index in [2.05, 4.69) is 15.8 Å². The molecule has 0 aliphatic heterocycles. The molecule has 2 N–H and O–H groups in total. The number of nitro groups is 1. The van der Waals surface area contributed by atoms with Crippen LogP contribution in [0.2, 0.25) is 0 Å². The molecule has 8 nitrogen and oxygen atoms in total. The van der Waals surface area contributed by atoms with Gasteiger partial charge >= 0.3 is 0 Å². The molecule has 8 heteroatoms. The summed E-state index contributed by atoms with van der Waals surface area (Å²) in [5.74, 6) is 0.727. The van der Waals surface area contributed by atoms with Gasteiger partial charge in [-0.3, -0.25) is 14.9 Å². The molecule has 1 heterocycles. The van der Waals surface area contributed by atoms with Crippen LogP contribution in [0.25, 0.3) is 11.3 Å². The number of nitrogens with one attached hydrogen (secondary N) is 2. The van der Waals surface area contributed by atoms with Crippen molar-refractivity contribution >= 4 is 17.8 Å². The smallest absolute Gasteiger partial charge is 0.270 e. The molecule has 142 valence electrons. The topological polar surface area (TPSA) is 110 Å². The van der Waals surface area contributed by atoms with E-state index in [-0.39, 0.29) is 18.1 Å². The predicted molar refractivity (Wildman–Crippen MR) is 101 cm³/mol. The molecular weight excluding hydrogens is 348 g/mol. The van der Waals surface area contributed by atoms with Gasteiger partial charge in [0.2, 0.25) is 0 Å². The molecule has 1 aliphatic rings. The van der Waals surface area contributed by atoms with Gasteiger partial charge in [0, 0.05) is 23.7 Å². The summed E-state index contributed by atoms with van der Waals surface area (Å²) in [5.41, 5.74) is 3.06. The number of hydrogen-bond acceptors (Lipinski definition) is 6. The molecular formula is C19H22N4O4. The van der Waals surface area contributed by atoms with Gasteiger partial charge in [-0.2, -0.15) is 5.10 Å². The van der Waals surface area contributed by atoms with Crippen LogP contribution in [0.15, 0.2) is 45.9 Å². The molecule has 0 atom stereocenters. The highest BCUT2D eigenvalue weighted by Crippen LogP contribution is 2.25. The normalized spacial score (nSPS) is 15.1. The van der Waals surface area contributed by atoms with E-state index in [4.69, 9.17) is 4.42 Å². The van der Waals surface area contributed by atoms with Gasteiger partial charge in [0.05, 0.1) is 17.7 Å². The van der Waals surface area contributed by atoms with Gasteiger partial charge in [0.25, 0.3) is 11.6 Å². The maximum absolute atomic E-state index is 11.8. The van der Waals surface area contributed by atoms with E-state index in [0.29, 0.717) is 23.1 Å². The number of hydrogen-bond donors (Lipinski definition) is 2. The van der Waals surface area contributed by atoms with Crippen LogP contribution in [0.4, 0.5) is 5.69 Å². The highest BCUT2D eigenvalue weighted by Gasteiger charge is 2.13. The highest BCUT2D eigenvalue weighted by molar-refractivity contribution is 5.82. The number of benzene rings is 1. The summed E-state index contributed by atoms with van der Waals surface area (Å²) in [4.78, 5) is 22.2. The van der Waals surface area contributed by atoms with Crippen molar-refractivity contribution in [2.24, 2.45) is 5.10 Å². The van der Waals surface area contributed by atoms with Crippen LogP contribution in [0.5, 0.6) is 0 Å². The number of hydrazone groups is 1. The Labute approximate surface area is 156 Å². The Balaban J connectivity index is 1.50. The molecule has 0 bridgehead atoms. The Morgan fingerprint density at radius 3 is 2.85 bits per heavy atom. The van der Waals surface area contributed by atoms with Crippen molar-refractivity contribution < 1.29 is 14.1 Å². The lowest BCUT2D eigenvalue weighted by atomic mass is 9.95. The van der Waals surface area contributed by atoms with Crippen LogP contribution in [0.3, 0.4) is 0 Å². The van der Waals surface area contributed by atoms with E-state index < -0.39 is 4.92 Å². The monoisotopic (exact) mass is 370 g/mol. The van der Waals surface area contributed by atoms with E-state index in [1.54, 1.807) is 24.3 Å². The fraction of sp³-hybridized carbons (Fsp3) is 0.368. The van der Waals surface area contributed by atoms with Gasteiger partial charge in [0.1, 0.15) is 11.5 Å². The van der Waals surface area contributed by atoms with Gasteiger partial charge in [0.15, 0.2) is 0 Å². The average molecular weight is 370 g/mol. The number of amides is 1. The van der Waals surface area contributed by atoms with Gasteiger partial charge in [-0.25, -0.2) is 5.43 Å². The zero-order valence-corrected chi connectivity index (χ0v) is 14.9. The summed E-state index contributed by atoms with van der Waals surface area (Å²) >= 11 is 0. The van der Waals surface area contributed by atoms with Crippen molar-refractivity contribution in [2.45, 2.75) is 38.1 Å². The third-order valence-corrected chi connectivity index (χ3v) is 4.51. The van der Waals surface area contributed by atoms with Crippen LogP contribution >= 0.6 is 0 Å². The van der Waals surface area contributed by atoms with E-state index >= 15 is 0 Å². The lowest BCUT2D eigenvalue weighted by molar-refractivity contribution is -0.384. The quantitative estimate of drug-likeness (QED) is 0.442. The molecule has 1 amide bonds. The Morgan fingerprint density at radius 1 is 1.26 bits per heavy atom. The first-order chi connectivity index (χ1) is 13.1. The minimum absolute atomic E-state index is 0.00292. The first-order valence-electron chi connectivity index (χ1n) is 9.02. The average Bonchev–Trinajstić information content (AvgIpc) is 3.16. The largest absolute Gasteiger partial charge is 0.455 e. The Bertz CT molecular complexity index is 825. The number of furan rings is 1. The number of carbonyl (C=O) groups is 1. The van der Waals surface area contributed by atoms with Crippen LogP contribution in [0, 0.1) is 10.1 Å². The minimum Gasteiger partial charge on any atom is -0.455 e. The Kier molecular flexibility index (Phi) is 6.32. The molecule has 1 aromatic carbocycles. The summed E-state index contributed by atoms with van der Waals surface area (Å²) in [5, 5.41) is 18.0. The first kappa shape index (κ1) is 18.8. The van der Waals surface area contributed by atoms with Crippen LogP contribution in [-0.2, 0) is 4.79 Å². The number of nitro benzene ring substituents is 1. The van der Waals surface area contributed by atoms with Crippen molar-refractivity contribution in [1.29, 1.82) is 0 Å². The minimum atomic E-state index is -0.453. The summed E-state index contributed by atoms with van der Waals surface area (Å²) in [6.45, 7) is 0.235. The molecule has 2 aromatic rings. The van der Waals surface area contributed by atoms with E-state index in [1.165, 1.54) is 37.6 Å². The van der Waals surface area contributed by atoms with E-state index in [9.17, 15) is 14.9 Å². The van der Waals surface area contributed by atoms with E-state index in [0.717, 1.165) is 12.8 Å². The van der Waals surface area contributed by atoms with Crippen molar-refractivity contribution in [3.8, 4) is 11.3 Å². The second-order valence-corrected chi connectivity index (χ2v) is 6.52. The fourth-order valence-corrected chi connectivity index (χ4v) is 3.10. The standard InChI is InChI=1S/C19H22N4O4/c24-19(13-20-15-6-2-1-3-7-15)22-21-12-17-9-10-18(27-17)14-5-4-8-16(11-14)23(25)26/h4-5,8-12,15,20H,1-3,6-7,13H2,(H,22,24)/b21-12-. The molecule has 3 rings (SSSR count). The predicted octanol–water partition coefficient (Wildman–Crippen LogP) is 3.23. The number of carbonyl (C=O) groups excluding carboxylic acids is 1. The molecule has 27 heavy (non-hydrogen) atoms. The van der Waals surface area contributed by atoms with Crippen molar-refractivity contribution in [3.05, 3.63) is 52.3 Å². The number of non-ortho nitro benzene ring substituents is 1. The van der Waals surface area contributed by atoms with Crippen molar-refractivity contribution in [2.75, 3.05) is 6.54 Å².